The molecule has 0 unspecified atom stereocenters. The van der Waals surface area contributed by atoms with Crippen molar-refractivity contribution in [1.82, 2.24) is 28.9 Å². The summed E-state index contributed by atoms with van der Waals surface area (Å²) in [5, 5.41) is 0.539. The number of para-hydroxylation sites is 1. The fourth-order valence-electron chi connectivity index (χ4n) is 3.36. The van der Waals surface area contributed by atoms with Crippen molar-refractivity contribution in [3.8, 4) is 0 Å². The van der Waals surface area contributed by atoms with E-state index in [1.54, 1.807) is 24.4 Å². The lowest BCUT2D eigenvalue weighted by Gasteiger charge is -2.34. The first-order valence-electron chi connectivity index (χ1n) is 9.11. The predicted molar refractivity (Wildman–Crippen MR) is 101 cm³/mol. The van der Waals surface area contributed by atoms with Crippen molar-refractivity contribution in [3.05, 3.63) is 59.7 Å². The van der Waals surface area contributed by atoms with Crippen molar-refractivity contribution in [3.63, 3.8) is 0 Å². The Labute approximate surface area is 156 Å². The summed E-state index contributed by atoms with van der Waals surface area (Å²) < 4.78 is 3.45. The van der Waals surface area contributed by atoms with Gasteiger partial charge in [-0.05, 0) is 12.1 Å². The third kappa shape index (κ3) is 3.90. The highest BCUT2D eigenvalue weighted by molar-refractivity contribution is 5.79. The Hall–Kier alpha value is -3.00. The highest BCUT2D eigenvalue weighted by Gasteiger charge is 2.21. The number of hydrogen-bond acceptors (Lipinski definition) is 5. The van der Waals surface area contributed by atoms with Crippen LogP contribution in [0.2, 0.25) is 0 Å². The molecule has 140 valence electrons. The first-order valence-corrected chi connectivity index (χ1v) is 9.11. The van der Waals surface area contributed by atoms with Crippen LogP contribution in [-0.2, 0) is 17.9 Å². The highest BCUT2D eigenvalue weighted by atomic mass is 16.2. The van der Waals surface area contributed by atoms with E-state index in [-0.39, 0.29) is 18.0 Å². The van der Waals surface area contributed by atoms with E-state index in [9.17, 15) is 9.59 Å². The third-order valence-corrected chi connectivity index (χ3v) is 5.00. The summed E-state index contributed by atoms with van der Waals surface area (Å²) in [7, 11) is 0. The summed E-state index contributed by atoms with van der Waals surface area (Å²) in [6.07, 6.45) is 7.01. The van der Waals surface area contributed by atoms with Gasteiger partial charge in [-0.15, -0.1) is 0 Å². The van der Waals surface area contributed by atoms with Gasteiger partial charge in [0.05, 0.1) is 23.6 Å². The van der Waals surface area contributed by atoms with Gasteiger partial charge in [0.15, 0.2) is 0 Å². The second-order valence-corrected chi connectivity index (χ2v) is 6.72. The van der Waals surface area contributed by atoms with Gasteiger partial charge in [-0.25, -0.2) is 9.97 Å². The van der Waals surface area contributed by atoms with Crippen molar-refractivity contribution in [2.75, 3.05) is 32.7 Å². The van der Waals surface area contributed by atoms with Crippen molar-refractivity contribution >= 4 is 16.8 Å². The molecule has 0 radical (unpaired) electrons. The molecule has 1 amide bonds. The van der Waals surface area contributed by atoms with Crippen LogP contribution in [0.4, 0.5) is 0 Å². The number of rotatable bonds is 5. The number of carbonyl (C=O) groups is 1. The lowest BCUT2D eigenvalue weighted by atomic mass is 10.2. The zero-order valence-electron chi connectivity index (χ0n) is 15.1. The lowest BCUT2D eigenvalue weighted by Crippen LogP contribution is -2.50. The molecule has 1 aliphatic rings. The Morgan fingerprint density at radius 3 is 2.63 bits per heavy atom. The molecule has 0 bridgehead atoms. The van der Waals surface area contributed by atoms with Crippen LogP contribution in [0.3, 0.4) is 0 Å². The predicted octanol–water partition coefficient (Wildman–Crippen LogP) is 0.437. The van der Waals surface area contributed by atoms with Gasteiger partial charge < -0.3 is 9.47 Å². The molecule has 1 aliphatic heterocycles. The number of hydrogen-bond donors (Lipinski definition) is 0. The van der Waals surface area contributed by atoms with E-state index in [2.05, 4.69) is 19.4 Å². The molecule has 3 aromatic rings. The molecule has 0 spiro atoms. The molecule has 0 saturated carbocycles. The maximum atomic E-state index is 12.6. The number of imidazole rings is 1. The van der Waals surface area contributed by atoms with E-state index in [0.29, 0.717) is 24.0 Å². The van der Waals surface area contributed by atoms with Crippen LogP contribution in [0, 0.1) is 0 Å². The number of nitrogens with zero attached hydrogens (tertiary/aromatic N) is 6. The summed E-state index contributed by atoms with van der Waals surface area (Å²) in [6.45, 7) is 4.90. The largest absolute Gasteiger partial charge is 0.339 e. The summed E-state index contributed by atoms with van der Waals surface area (Å²) >= 11 is 0. The average Bonchev–Trinajstić information content (AvgIpc) is 3.23. The van der Waals surface area contributed by atoms with E-state index < -0.39 is 0 Å². The van der Waals surface area contributed by atoms with Gasteiger partial charge in [-0.2, -0.15) is 0 Å². The standard InChI is InChI=1S/C19H22N6O2/c26-18(13-25-15-21-17-4-2-1-3-16(17)19(25)27)24-11-9-22(10-12-24)7-8-23-6-5-20-14-23/h1-6,14-15H,7-13H2. The molecule has 0 N–H and O–H groups in total. The van der Waals surface area contributed by atoms with Crippen LogP contribution in [0.15, 0.2) is 54.1 Å². The van der Waals surface area contributed by atoms with E-state index in [0.717, 1.165) is 26.2 Å². The quantitative estimate of drug-likeness (QED) is 0.655. The van der Waals surface area contributed by atoms with Crippen LogP contribution in [0.1, 0.15) is 0 Å². The number of amides is 1. The maximum Gasteiger partial charge on any atom is 0.261 e. The number of piperazine rings is 1. The van der Waals surface area contributed by atoms with Gasteiger partial charge >= 0.3 is 0 Å². The number of carbonyl (C=O) groups excluding carboxylic acids is 1. The molecular weight excluding hydrogens is 344 g/mol. The third-order valence-electron chi connectivity index (χ3n) is 5.00. The minimum atomic E-state index is -0.173. The second-order valence-electron chi connectivity index (χ2n) is 6.72. The Morgan fingerprint density at radius 1 is 1.04 bits per heavy atom. The molecule has 1 aromatic carbocycles. The van der Waals surface area contributed by atoms with Gasteiger partial charge in [0.25, 0.3) is 5.56 Å². The molecule has 4 rings (SSSR count). The van der Waals surface area contributed by atoms with Crippen LogP contribution in [0.25, 0.3) is 10.9 Å². The Kier molecular flexibility index (Phi) is 4.97. The molecule has 0 atom stereocenters. The Bertz CT molecular complexity index is 973. The zero-order chi connectivity index (χ0) is 18.6. The first kappa shape index (κ1) is 17.4. The highest BCUT2D eigenvalue weighted by Crippen LogP contribution is 2.06. The van der Waals surface area contributed by atoms with E-state index in [1.165, 1.54) is 10.9 Å². The van der Waals surface area contributed by atoms with Gasteiger partial charge in [0.1, 0.15) is 6.54 Å². The maximum absolute atomic E-state index is 12.6. The molecule has 1 fully saturated rings. The fraction of sp³-hybridized carbons (Fsp3) is 0.368. The van der Waals surface area contributed by atoms with Crippen LogP contribution in [0.5, 0.6) is 0 Å². The number of aromatic nitrogens is 4. The summed E-state index contributed by atoms with van der Waals surface area (Å²) in [5.74, 6) is -0.0385. The van der Waals surface area contributed by atoms with Gasteiger partial charge in [-0.3, -0.25) is 19.1 Å². The average molecular weight is 366 g/mol. The topological polar surface area (TPSA) is 76.3 Å². The van der Waals surface area contributed by atoms with E-state index >= 15 is 0 Å². The number of benzene rings is 1. The molecule has 2 aromatic heterocycles. The van der Waals surface area contributed by atoms with Gasteiger partial charge in [-0.1, -0.05) is 12.1 Å². The first-order chi connectivity index (χ1) is 13.2. The van der Waals surface area contributed by atoms with Gasteiger partial charge in [0.2, 0.25) is 5.91 Å². The minimum absolute atomic E-state index is 0.0334. The minimum Gasteiger partial charge on any atom is -0.339 e. The second kappa shape index (κ2) is 7.71. The number of fused-ring (bicyclic) bond motifs is 1. The molecule has 8 nitrogen and oxygen atoms in total. The summed E-state index contributed by atoms with van der Waals surface area (Å²) in [6, 6.07) is 7.19. The normalized spacial score (nSPS) is 15.3. The summed E-state index contributed by atoms with van der Waals surface area (Å²) in [5.41, 5.74) is 0.477. The fourth-order valence-corrected chi connectivity index (χ4v) is 3.36. The summed E-state index contributed by atoms with van der Waals surface area (Å²) in [4.78, 5) is 37.6. The SMILES string of the molecule is O=C(Cn1cnc2ccccc2c1=O)N1CCN(CCn2ccnc2)CC1. The van der Waals surface area contributed by atoms with E-state index in [4.69, 9.17) is 0 Å². The van der Waals surface area contributed by atoms with Crippen LogP contribution >= 0.6 is 0 Å². The Morgan fingerprint density at radius 2 is 1.85 bits per heavy atom. The van der Waals surface area contributed by atoms with Crippen molar-refractivity contribution in [2.24, 2.45) is 0 Å². The zero-order valence-corrected chi connectivity index (χ0v) is 15.1. The van der Waals surface area contributed by atoms with Crippen molar-refractivity contribution < 1.29 is 4.79 Å². The van der Waals surface area contributed by atoms with Crippen LogP contribution < -0.4 is 5.56 Å². The van der Waals surface area contributed by atoms with Crippen molar-refractivity contribution in [1.29, 1.82) is 0 Å². The molecule has 0 aliphatic carbocycles. The molecule has 3 heterocycles. The smallest absolute Gasteiger partial charge is 0.261 e. The molecular formula is C19H22N6O2. The van der Waals surface area contributed by atoms with Gasteiger partial charge in [0, 0.05) is 51.7 Å². The van der Waals surface area contributed by atoms with E-state index in [1.807, 2.05) is 23.5 Å². The molecule has 8 heteroatoms. The molecule has 1 saturated heterocycles. The monoisotopic (exact) mass is 366 g/mol. The lowest BCUT2D eigenvalue weighted by molar-refractivity contribution is -0.133. The molecule has 27 heavy (non-hydrogen) atoms. The van der Waals surface area contributed by atoms with Crippen molar-refractivity contribution in [2.45, 2.75) is 13.1 Å². The van der Waals surface area contributed by atoms with Crippen LogP contribution in [-0.4, -0.2) is 67.5 Å². The Balaban J connectivity index is 1.33.